The van der Waals surface area contributed by atoms with E-state index in [-0.39, 0.29) is 11.5 Å². The van der Waals surface area contributed by atoms with Crippen LogP contribution in [0.5, 0.6) is 0 Å². The molecule has 1 aromatic heterocycles. The van der Waals surface area contributed by atoms with Gasteiger partial charge in [-0.2, -0.15) is 0 Å². The zero-order valence-electron chi connectivity index (χ0n) is 9.96. The van der Waals surface area contributed by atoms with E-state index in [1.54, 1.807) is 0 Å². The van der Waals surface area contributed by atoms with E-state index >= 15 is 0 Å². The molecule has 3 N–H and O–H groups in total. The van der Waals surface area contributed by atoms with E-state index in [1.165, 1.54) is 6.20 Å². The van der Waals surface area contributed by atoms with Crippen LogP contribution in [0.3, 0.4) is 0 Å². The van der Waals surface area contributed by atoms with Crippen molar-refractivity contribution in [3.8, 4) is 0 Å². The first-order chi connectivity index (χ1) is 8.54. The van der Waals surface area contributed by atoms with Crippen molar-refractivity contribution in [2.24, 2.45) is 0 Å². The fraction of sp³-hybridized carbons (Fsp3) is 0.455. The van der Waals surface area contributed by atoms with Gasteiger partial charge in [0, 0.05) is 0 Å². The fourth-order valence-electron chi connectivity index (χ4n) is 1.36. The number of hydrogen-bond acceptors (Lipinski definition) is 5. The summed E-state index contributed by atoms with van der Waals surface area (Å²) in [5.74, 6) is -1.88. The Morgan fingerprint density at radius 3 is 2.50 bits per heavy atom. The van der Waals surface area contributed by atoms with Crippen molar-refractivity contribution in [3.05, 3.63) is 18.1 Å². The molecule has 1 rings (SSSR count). The molecule has 0 radical (unpaired) electrons. The number of aromatic carboxylic acids is 1. The van der Waals surface area contributed by atoms with Crippen molar-refractivity contribution >= 4 is 17.8 Å². The van der Waals surface area contributed by atoms with E-state index in [2.05, 4.69) is 15.3 Å². The average Bonchev–Trinajstić information content (AvgIpc) is 2.34. The summed E-state index contributed by atoms with van der Waals surface area (Å²) < 4.78 is 0. The Balaban J connectivity index is 2.68. The van der Waals surface area contributed by atoms with Crippen LogP contribution in [0.15, 0.2) is 12.4 Å². The summed E-state index contributed by atoms with van der Waals surface area (Å²) >= 11 is 0. The third kappa shape index (κ3) is 4.00. The summed E-state index contributed by atoms with van der Waals surface area (Å²) in [6.45, 7) is 1.97. The number of nitrogens with zero attached hydrogens (tertiary/aromatic N) is 2. The van der Waals surface area contributed by atoms with E-state index in [9.17, 15) is 9.59 Å². The first-order valence-electron chi connectivity index (χ1n) is 5.59. The molecule has 0 saturated carbocycles. The van der Waals surface area contributed by atoms with E-state index < -0.39 is 18.0 Å². The number of anilines is 1. The maximum Gasteiger partial charge on any atom is 0.356 e. The summed E-state index contributed by atoms with van der Waals surface area (Å²) in [7, 11) is 0. The Hall–Kier alpha value is -2.18. The van der Waals surface area contributed by atoms with Crippen LogP contribution in [-0.4, -0.2) is 38.2 Å². The number of carbonyl (C=O) groups is 2. The zero-order chi connectivity index (χ0) is 13.5. The second-order valence-electron chi connectivity index (χ2n) is 3.77. The van der Waals surface area contributed by atoms with Gasteiger partial charge in [-0.3, -0.25) is 0 Å². The second-order valence-corrected chi connectivity index (χ2v) is 3.77. The molecule has 98 valence electrons. The zero-order valence-corrected chi connectivity index (χ0v) is 9.96. The highest BCUT2D eigenvalue weighted by Crippen LogP contribution is 2.08. The van der Waals surface area contributed by atoms with Crippen LogP contribution in [-0.2, 0) is 4.79 Å². The minimum absolute atomic E-state index is 0.180. The normalized spacial score (nSPS) is 11.8. The maximum absolute atomic E-state index is 11.0. The van der Waals surface area contributed by atoms with Crippen molar-refractivity contribution in [2.75, 3.05) is 5.32 Å². The average molecular weight is 253 g/mol. The summed E-state index contributed by atoms with van der Waals surface area (Å²) in [5, 5.41) is 20.4. The van der Waals surface area contributed by atoms with Crippen molar-refractivity contribution in [3.63, 3.8) is 0 Å². The van der Waals surface area contributed by atoms with Gasteiger partial charge in [-0.1, -0.05) is 19.8 Å². The smallest absolute Gasteiger partial charge is 0.356 e. The van der Waals surface area contributed by atoms with Crippen LogP contribution < -0.4 is 5.32 Å². The number of aliphatic carboxylic acids is 1. The van der Waals surface area contributed by atoms with Crippen molar-refractivity contribution in [1.29, 1.82) is 0 Å². The molecule has 0 amide bonds. The van der Waals surface area contributed by atoms with Crippen molar-refractivity contribution in [1.82, 2.24) is 9.97 Å². The predicted octanol–water partition coefficient (Wildman–Crippen LogP) is 1.23. The van der Waals surface area contributed by atoms with Gasteiger partial charge in [-0.25, -0.2) is 19.6 Å². The SMILES string of the molecule is CCCC[C@H](Nc1cnc(C(=O)O)cn1)C(=O)O. The lowest BCUT2D eigenvalue weighted by atomic mass is 10.1. The summed E-state index contributed by atoms with van der Waals surface area (Å²) in [6, 6.07) is -0.741. The molecule has 7 heteroatoms. The Morgan fingerprint density at radius 2 is 2.06 bits per heavy atom. The standard InChI is InChI=1S/C11H15N3O4/c1-2-3-4-7(10(15)16)14-9-6-12-8(5-13-9)11(17)18/h5-7H,2-4H2,1H3,(H,13,14)(H,15,16)(H,17,18)/t7-/m0/s1. The Kier molecular flexibility index (Phi) is 5.04. The van der Waals surface area contributed by atoms with Gasteiger partial charge < -0.3 is 15.5 Å². The molecule has 7 nitrogen and oxygen atoms in total. The summed E-state index contributed by atoms with van der Waals surface area (Å²) in [5.41, 5.74) is -0.180. The van der Waals surface area contributed by atoms with Crippen LogP contribution >= 0.6 is 0 Å². The number of aromatic nitrogens is 2. The van der Waals surface area contributed by atoms with Gasteiger partial charge in [0.25, 0.3) is 0 Å². The van der Waals surface area contributed by atoms with E-state index in [0.717, 1.165) is 19.0 Å². The van der Waals surface area contributed by atoms with Gasteiger partial charge in [0.2, 0.25) is 0 Å². The molecule has 0 bridgehead atoms. The lowest BCUT2D eigenvalue weighted by molar-refractivity contribution is -0.138. The molecule has 0 aliphatic rings. The third-order valence-electron chi connectivity index (χ3n) is 2.34. The number of unbranched alkanes of at least 4 members (excludes halogenated alkanes) is 1. The van der Waals surface area contributed by atoms with Gasteiger partial charge in [0.15, 0.2) is 5.69 Å². The van der Waals surface area contributed by atoms with Crippen molar-refractivity contribution in [2.45, 2.75) is 32.2 Å². The largest absolute Gasteiger partial charge is 0.480 e. The van der Waals surface area contributed by atoms with Crippen LogP contribution in [0.1, 0.15) is 36.7 Å². The highest BCUT2D eigenvalue weighted by atomic mass is 16.4. The molecule has 0 aliphatic carbocycles. The summed E-state index contributed by atoms with van der Waals surface area (Å²) in [6.07, 6.45) is 4.46. The number of carboxylic acid groups (broad SMARTS) is 2. The van der Waals surface area contributed by atoms with Gasteiger partial charge in [0.1, 0.15) is 11.9 Å². The number of nitrogens with one attached hydrogen (secondary N) is 1. The first-order valence-corrected chi connectivity index (χ1v) is 5.59. The van der Waals surface area contributed by atoms with Crippen LogP contribution in [0, 0.1) is 0 Å². The molecule has 0 aliphatic heterocycles. The fourth-order valence-corrected chi connectivity index (χ4v) is 1.36. The predicted molar refractivity (Wildman–Crippen MR) is 63.6 cm³/mol. The number of carboxylic acids is 2. The minimum atomic E-state index is -1.17. The molecule has 1 atom stereocenters. The van der Waals surface area contributed by atoms with Gasteiger partial charge >= 0.3 is 11.9 Å². The highest BCUT2D eigenvalue weighted by molar-refractivity contribution is 5.85. The molecule has 0 spiro atoms. The van der Waals surface area contributed by atoms with Crippen molar-refractivity contribution < 1.29 is 19.8 Å². The van der Waals surface area contributed by atoms with Crippen LogP contribution in [0.2, 0.25) is 0 Å². The Bertz CT molecular complexity index is 419. The Labute approximate surface area is 104 Å². The lowest BCUT2D eigenvalue weighted by Gasteiger charge is -2.14. The molecule has 1 heterocycles. The molecule has 1 aromatic rings. The van der Waals surface area contributed by atoms with E-state index in [4.69, 9.17) is 10.2 Å². The van der Waals surface area contributed by atoms with Crippen LogP contribution in [0.4, 0.5) is 5.82 Å². The quantitative estimate of drug-likeness (QED) is 0.669. The molecular weight excluding hydrogens is 238 g/mol. The van der Waals surface area contributed by atoms with Gasteiger partial charge in [0.05, 0.1) is 12.4 Å². The summed E-state index contributed by atoms with van der Waals surface area (Å²) in [4.78, 5) is 29.0. The van der Waals surface area contributed by atoms with Gasteiger partial charge in [-0.15, -0.1) is 0 Å². The molecule has 18 heavy (non-hydrogen) atoms. The first kappa shape index (κ1) is 13.9. The molecule has 0 saturated heterocycles. The number of rotatable bonds is 7. The minimum Gasteiger partial charge on any atom is -0.480 e. The monoisotopic (exact) mass is 253 g/mol. The van der Waals surface area contributed by atoms with Gasteiger partial charge in [-0.05, 0) is 6.42 Å². The maximum atomic E-state index is 11.0. The third-order valence-corrected chi connectivity index (χ3v) is 2.34. The molecule has 0 unspecified atom stereocenters. The lowest BCUT2D eigenvalue weighted by Crippen LogP contribution is -2.29. The van der Waals surface area contributed by atoms with Crippen LogP contribution in [0.25, 0.3) is 0 Å². The molecule has 0 aromatic carbocycles. The second kappa shape index (κ2) is 6.53. The topological polar surface area (TPSA) is 112 Å². The number of hydrogen-bond donors (Lipinski definition) is 3. The Morgan fingerprint density at radius 1 is 1.33 bits per heavy atom. The van der Waals surface area contributed by atoms with E-state index in [0.29, 0.717) is 6.42 Å². The molecule has 0 fully saturated rings. The highest BCUT2D eigenvalue weighted by Gasteiger charge is 2.17. The van der Waals surface area contributed by atoms with E-state index in [1.807, 2.05) is 6.92 Å². The molecular formula is C11H15N3O4.